The van der Waals surface area contributed by atoms with Crippen LogP contribution in [0.25, 0.3) is 0 Å². The van der Waals surface area contributed by atoms with Crippen LogP contribution in [0.2, 0.25) is 0 Å². The zero-order valence-corrected chi connectivity index (χ0v) is 12.2. The smallest absolute Gasteiger partial charge is 0.0589 e. The van der Waals surface area contributed by atoms with Crippen LogP contribution in [0.4, 0.5) is 0 Å². The van der Waals surface area contributed by atoms with Gasteiger partial charge in [-0.3, -0.25) is 0 Å². The molecule has 1 heterocycles. The molecule has 0 aromatic heterocycles. The largest absolute Gasteiger partial charge is 0.383 e. The normalized spacial score (nSPS) is 19.5. The quantitative estimate of drug-likeness (QED) is 0.881. The molecule has 19 heavy (non-hydrogen) atoms. The summed E-state index contributed by atoms with van der Waals surface area (Å²) < 4.78 is 5.16. The van der Waals surface area contributed by atoms with Crippen LogP contribution in [0.15, 0.2) is 24.3 Å². The maximum Gasteiger partial charge on any atom is 0.0589 e. The molecule has 0 aliphatic carbocycles. The Morgan fingerprint density at radius 1 is 1.32 bits per heavy atom. The van der Waals surface area contributed by atoms with Gasteiger partial charge >= 0.3 is 0 Å². The Morgan fingerprint density at radius 3 is 2.63 bits per heavy atom. The van der Waals surface area contributed by atoms with Gasteiger partial charge < -0.3 is 15.4 Å². The number of rotatable bonds is 5. The molecule has 106 valence electrons. The highest BCUT2D eigenvalue weighted by Crippen LogP contribution is 2.34. The van der Waals surface area contributed by atoms with Gasteiger partial charge in [0.15, 0.2) is 0 Å². The molecule has 1 fully saturated rings. The number of nitrogens with two attached hydrogens (primary N) is 1. The van der Waals surface area contributed by atoms with Crippen molar-refractivity contribution in [1.29, 1.82) is 0 Å². The molecule has 3 nitrogen and oxygen atoms in total. The fourth-order valence-corrected chi connectivity index (χ4v) is 3.01. The number of methoxy groups -OCH3 is 1. The number of benzene rings is 1. The van der Waals surface area contributed by atoms with E-state index in [4.69, 9.17) is 10.5 Å². The number of likely N-dealkylation sites (tertiary alicyclic amines) is 1. The highest BCUT2D eigenvalue weighted by atomic mass is 16.5. The van der Waals surface area contributed by atoms with Crippen LogP contribution in [-0.2, 0) is 10.2 Å². The molecule has 0 amide bonds. The van der Waals surface area contributed by atoms with Crippen LogP contribution in [0.3, 0.4) is 0 Å². The Labute approximate surface area is 116 Å². The molecule has 2 N–H and O–H groups in total. The number of piperidine rings is 1. The van der Waals surface area contributed by atoms with Gasteiger partial charge in [-0.15, -0.1) is 0 Å². The van der Waals surface area contributed by atoms with Crippen LogP contribution in [0.5, 0.6) is 0 Å². The maximum atomic E-state index is 6.12. The van der Waals surface area contributed by atoms with Crippen molar-refractivity contribution in [1.82, 2.24) is 4.90 Å². The standard InChI is InChI=1S/C16H26N2O/c1-14-4-3-5-15(12-14)16(13-17)6-8-18(9-7-16)10-11-19-2/h3-5,12H,6-11,13,17H2,1-2H3. The average molecular weight is 262 g/mol. The first-order valence-electron chi connectivity index (χ1n) is 7.19. The van der Waals surface area contributed by atoms with Gasteiger partial charge in [0, 0.05) is 25.6 Å². The highest BCUT2D eigenvalue weighted by molar-refractivity contribution is 5.31. The second-order valence-corrected chi connectivity index (χ2v) is 5.69. The molecular formula is C16H26N2O. The lowest BCUT2D eigenvalue weighted by Crippen LogP contribution is -2.47. The lowest BCUT2D eigenvalue weighted by molar-refractivity contribution is 0.111. The zero-order valence-electron chi connectivity index (χ0n) is 12.2. The predicted octanol–water partition coefficient (Wildman–Crippen LogP) is 1.93. The zero-order chi connectivity index (χ0) is 13.7. The summed E-state index contributed by atoms with van der Waals surface area (Å²) >= 11 is 0. The van der Waals surface area contributed by atoms with Gasteiger partial charge in [0.05, 0.1) is 6.61 Å². The van der Waals surface area contributed by atoms with E-state index in [9.17, 15) is 0 Å². The van der Waals surface area contributed by atoms with E-state index in [0.717, 1.165) is 45.6 Å². The first kappa shape index (κ1) is 14.5. The summed E-state index contributed by atoms with van der Waals surface area (Å²) in [6.07, 6.45) is 2.30. The molecule has 0 radical (unpaired) electrons. The summed E-state index contributed by atoms with van der Waals surface area (Å²) in [6, 6.07) is 8.85. The summed E-state index contributed by atoms with van der Waals surface area (Å²) in [5.74, 6) is 0. The van der Waals surface area contributed by atoms with Crippen molar-refractivity contribution < 1.29 is 4.74 Å². The van der Waals surface area contributed by atoms with Gasteiger partial charge in [-0.25, -0.2) is 0 Å². The van der Waals surface area contributed by atoms with E-state index in [1.54, 1.807) is 7.11 Å². The van der Waals surface area contributed by atoms with Crippen molar-refractivity contribution >= 4 is 0 Å². The van der Waals surface area contributed by atoms with Crippen molar-refractivity contribution in [2.45, 2.75) is 25.2 Å². The number of hydrogen-bond donors (Lipinski definition) is 1. The molecule has 1 aliphatic heterocycles. The maximum absolute atomic E-state index is 6.12. The van der Waals surface area contributed by atoms with E-state index >= 15 is 0 Å². The van der Waals surface area contributed by atoms with Gasteiger partial charge in [0.25, 0.3) is 0 Å². The van der Waals surface area contributed by atoms with E-state index in [2.05, 4.69) is 36.1 Å². The third kappa shape index (κ3) is 3.35. The summed E-state index contributed by atoms with van der Waals surface area (Å²) in [5, 5.41) is 0. The Hall–Kier alpha value is -0.900. The van der Waals surface area contributed by atoms with Crippen molar-refractivity contribution in [2.75, 3.05) is 39.9 Å². The summed E-state index contributed by atoms with van der Waals surface area (Å²) in [4.78, 5) is 2.48. The monoisotopic (exact) mass is 262 g/mol. The van der Waals surface area contributed by atoms with E-state index < -0.39 is 0 Å². The van der Waals surface area contributed by atoms with Crippen molar-refractivity contribution in [3.8, 4) is 0 Å². The molecule has 1 aliphatic rings. The van der Waals surface area contributed by atoms with Crippen LogP contribution < -0.4 is 5.73 Å². The van der Waals surface area contributed by atoms with Crippen molar-refractivity contribution in [3.05, 3.63) is 35.4 Å². The SMILES string of the molecule is COCCN1CCC(CN)(c2cccc(C)c2)CC1. The summed E-state index contributed by atoms with van der Waals surface area (Å²) in [5.41, 5.74) is 9.04. The second-order valence-electron chi connectivity index (χ2n) is 5.69. The molecule has 0 unspecified atom stereocenters. The molecule has 1 aromatic carbocycles. The van der Waals surface area contributed by atoms with Crippen LogP contribution in [0, 0.1) is 6.92 Å². The van der Waals surface area contributed by atoms with Gasteiger partial charge in [-0.2, -0.15) is 0 Å². The minimum atomic E-state index is 0.176. The molecule has 3 heteroatoms. The van der Waals surface area contributed by atoms with Crippen LogP contribution >= 0.6 is 0 Å². The van der Waals surface area contributed by atoms with Gasteiger partial charge in [-0.1, -0.05) is 29.8 Å². The molecule has 1 aromatic rings. The summed E-state index contributed by atoms with van der Waals surface area (Å²) in [7, 11) is 1.76. The molecule has 0 spiro atoms. The second kappa shape index (κ2) is 6.51. The first-order chi connectivity index (χ1) is 9.20. The number of hydrogen-bond acceptors (Lipinski definition) is 3. The molecule has 2 rings (SSSR count). The fraction of sp³-hybridized carbons (Fsp3) is 0.625. The number of ether oxygens (including phenoxy) is 1. The third-order valence-electron chi connectivity index (χ3n) is 4.45. The molecule has 0 saturated carbocycles. The van der Waals surface area contributed by atoms with E-state index in [1.807, 2.05) is 0 Å². The van der Waals surface area contributed by atoms with Gasteiger partial charge in [0.1, 0.15) is 0 Å². The molecular weight excluding hydrogens is 236 g/mol. The van der Waals surface area contributed by atoms with Crippen LogP contribution in [0.1, 0.15) is 24.0 Å². The lowest BCUT2D eigenvalue weighted by Gasteiger charge is -2.41. The minimum absolute atomic E-state index is 0.176. The number of aryl methyl sites for hydroxylation is 1. The van der Waals surface area contributed by atoms with E-state index in [0.29, 0.717) is 0 Å². The minimum Gasteiger partial charge on any atom is -0.383 e. The molecule has 0 atom stereocenters. The Bertz CT molecular complexity index is 397. The van der Waals surface area contributed by atoms with Crippen molar-refractivity contribution in [3.63, 3.8) is 0 Å². The number of nitrogens with zero attached hydrogens (tertiary/aromatic N) is 1. The summed E-state index contributed by atoms with van der Waals surface area (Å²) in [6.45, 7) is 6.99. The molecule has 1 saturated heterocycles. The Balaban J connectivity index is 2.05. The molecule has 0 bridgehead atoms. The van der Waals surface area contributed by atoms with Gasteiger partial charge in [-0.05, 0) is 38.4 Å². The predicted molar refractivity (Wildman–Crippen MR) is 79.5 cm³/mol. The topological polar surface area (TPSA) is 38.5 Å². The van der Waals surface area contributed by atoms with Crippen molar-refractivity contribution in [2.24, 2.45) is 5.73 Å². The average Bonchev–Trinajstić information content (AvgIpc) is 2.46. The lowest BCUT2D eigenvalue weighted by atomic mass is 9.72. The fourth-order valence-electron chi connectivity index (χ4n) is 3.01. The van der Waals surface area contributed by atoms with Crippen LogP contribution in [-0.4, -0.2) is 44.8 Å². The van der Waals surface area contributed by atoms with E-state index in [-0.39, 0.29) is 5.41 Å². The van der Waals surface area contributed by atoms with Gasteiger partial charge in [0.2, 0.25) is 0 Å². The third-order valence-corrected chi connectivity index (χ3v) is 4.45. The highest BCUT2D eigenvalue weighted by Gasteiger charge is 2.34. The Kier molecular flexibility index (Phi) is 4.97. The first-order valence-corrected chi connectivity index (χ1v) is 7.19. The van der Waals surface area contributed by atoms with E-state index in [1.165, 1.54) is 11.1 Å². The Morgan fingerprint density at radius 2 is 2.05 bits per heavy atom.